The first kappa shape index (κ1) is 38.7. The van der Waals surface area contributed by atoms with E-state index in [0.29, 0.717) is 18.0 Å². The van der Waals surface area contributed by atoms with E-state index >= 15 is 0 Å². The maximum absolute atomic E-state index is 14.2. The molecule has 290 valence electrons. The number of hydrogen-bond acceptors (Lipinski definition) is 9. The van der Waals surface area contributed by atoms with Gasteiger partial charge in [0.1, 0.15) is 17.8 Å². The summed E-state index contributed by atoms with van der Waals surface area (Å²) in [5.74, 6) is 0.660. The Kier molecular flexibility index (Phi) is 11.4. The second-order valence-electron chi connectivity index (χ2n) is 13.7. The molecule has 12 heteroatoms. The van der Waals surface area contributed by atoms with E-state index < -0.39 is 5.97 Å². The van der Waals surface area contributed by atoms with Crippen LogP contribution in [-0.4, -0.2) is 36.4 Å². The average molecular weight is 833 g/mol. The quantitative estimate of drug-likeness (QED) is 0.131. The van der Waals surface area contributed by atoms with Gasteiger partial charge in [0.15, 0.2) is 11.5 Å². The molecule has 57 heavy (non-hydrogen) atoms. The van der Waals surface area contributed by atoms with Crippen LogP contribution in [0.25, 0.3) is 38.4 Å². The highest BCUT2D eigenvalue weighted by Crippen LogP contribution is 2.49. The number of thiophene rings is 1. The number of hydrogen-bond donors (Lipinski definition) is 1. The highest BCUT2D eigenvalue weighted by atomic mass is 32.2. The number of ether oxygens (including phenoxy) is 2. The second kappa shape index (κ2) is 16.8. The highest BCUT2D eigenvalue weighted by molar-refractivity contribution is 8.03. The number of fused-ring (bicyclic) bond motifs is 2. The lowest BCUT2D eigenvalue weighted by Crippen LogP contribution is -2.33. The predicted octanol–water partition coefficient (Wildman–Crippen LogP) is 8.88. The molecule has 1 aliphatic heterocycles. The number of allylic oxidation sites excluding steroid dienone is 4. The largest absolute Gasteiger partial charge is 0.493 e. The van der Waals surface area contributed by atoms with Crippen molar-refractivity contribution in [3.05, 3.63) is 137 Å². The van der Waals surface area contributed by atoms with E-state index in [0.717, 1.165) is 81.0 Å². The standard InChI is InChI=1S/C45H41N3O5S4/c1-5-46-34-25-35(52-3)36(53-4)26-39(34)56-40(46)15-10-16-41-47(6-2)45(51)44(57-41)32-21-28(20-31(23-32)29-12-8-7-9-13-29)22-42-48(27-43(49)50)33-24-30(17-18-38(33)55-42)37-14-11-19-54-37/h7-19,21-22,24-26,31H,5-6,20,23,27H2,1-4H3/p+1. The smallest absolute Gasteiger partial charge is 0.323 e. The van der Waals surface area contributed by atoms with Crippen molar-refractivity contribution in [2.24, 2.45) is 0 Å². The molecule has 0 radical (unpaired) electrons. The lowest BCUT2D eigenvalue weighted by atomic mass is 9.81. The lowest BCUT2D eigenvalue weighted by molar-refractivity contribution is -0.665. The summed E-state index contributed by atoms with van der Waals surface area (Å²) in [5, 5.41) is 14.0. The lowest BCUT2D eigenvalue weighted by Gasteiger charge is -2.25. The van der Waals surface area contributed by atoms with Crippen LogP contribution in [0.2, 0.25) is 0 Å². The Bertz CT molecular complexity index is 2760. The fraction of sp³-hybridized carbons (Fsp3) is 0.222. The summed E-state index contributed by atoms with van der Waals surface area (Å²) in [6.45, 7) is 5.33. The van der Waals surface area contributed by atoms with Crippen LogP contribution in [0, 0.1) is 0 Å². The topological polar surface area (TPSA) is 84.9 Å². The van der Waals surface area contributed by atoms with Gasteiger partial charge in [-0.25, -0.2) is 0 Å². The van der Waals surface area contributed by atoms with Gasteiger partial charge < -0.3 is 19.5 Å². The summed E-state index contributed by atoms with van der Waals surface area (Å²) in [5.41, 5.74) is 6.35. The molecule has 8 rings (SSSR count). The van der Waals surface area contributed by atoms with Crippen molar-refractivity contribution >= 4 is 85.4 Å². The molecule has 0 amide bonds. The van der Waals surface area contributed by atoms with E-state index in [1.54, 1.807) is 48.7 Å². The third-order valence-corrected chi connectivity index (χ3v) is 14.6. The molecule has 0 spiro atoms. The van der Waals surface area contributed by atoms with Gasteiger partial charge in [0.25, 0.3) is 10.6 Å². The Labute approximate surface area is 347 Å². The molecule has 6 aromatic rings. The zero-order valence-corrected chi connectivity index (χ0v) is 35.3. The Morgan fingerprint density at radius 1 is 0.982 bits per heavy atom. The number of aromatic nitrogens is 2. The van der Waals surface area contributed by atoms with Gasteiger partial charge in [0, 0.05) is 28.5 Å². The van der Waals surface area contributed by atoms with Gasteiger partial charge in [0.2, 0.25) is 5.52 Å². The summed E-state index contributed by atoms with van der Waals surface area (Å²) >= 11 is 6.48. The maximum atomic E-state index is 14.2. The van der Waals surface area contributed by atoms with Crippen molar-refractivity contribution in [1.29, 1.82) is 0 Å². The predicted molar refractivity (Wildman–Crippen MR) is 236 cm³/mol. The Morgan fingerprint density at radius 2 is 1.79 bits per heavy atom. The highest BCUT2D eigenvalue weighted by Gasteiger charge is 2.29. The summed E-state index contributed by atoms with van der Waals surface area (Å²) in [6.07, 6.45) is 12.0. The van der Waals surface area contributed by atoms with Gasteiger partial charge in [-0.2, -0.15) is 4.57 Å². The number of thiazole rings is 2. The van der Waals surface area contributed by atoms with E-state index in [1.807, 2.05) is 52.8 Å². The van der Waals surface area contributed by atoms with Gasteiger partial charge in [0.05, 0.1) is 40.2 Å². The average Bonchev–Trinajstić information content (AvgIpc) is 4.02. The van der Waals surface area contributed by atoms with Gasteiger partial charge >= 0.3 is 5.97 Å². The van der Waals surface area contributed by atoms with Crippen molar-refractivity contribution in [1.82, 2.24) is 4.57 Å². The molecule has 0 fully saturated rings. The third-order valence-electron chi connectivity index (χ3n) is 10.3. The number of aryl methyl sites for hydroxylation is 1. The van der Waals surface area contributed by atoms with Crippen molar-refractivity contribution in [3.8, 4) is 21.9 Å². The Balaban J connectivity index is 1.20. The molecule has 1 N–H and O–H groups in total. The molecule has 3 aromatic heterocycles. The monoisotopic (exact) mass is 832 g/mol. The maximum Gasteiger partial charge on any atom is 0.323 e. The number of rotatable bonds is 11. The number of thioether (sulfide) groups is 1. The Morgan fingerprint density at radius 3 is 2.51 bits per heavy atom. The molecule has 0 saturated carbocycles. The number of anilines is 1. The number of carbonyl (C=O) groups is 1. The number of carboxylic acids is 1. The van der Waals surface area contributed by atoms with Crippen molar-refractivity contribution in [2.75, 3.05) is 25.7 Å². The summed E-state index contributed by atoms with van der Waals surface area (Å²) in [6, 6.07) is 24.9. The second-order valence-corrected chi connectivity index (χ2v) is 17.8. The fourth-order valence-electron chi connectivity index (χ4n) is 7.59. The summed E-state index contributed by atoms with van der Waals surface area (Å²) < 4.78 is 18.0. The van der Waals surface area contributed by atoms with Crippen LogP contribution in [0.1, 0.15) is 43.2 Å². The molecular formula is C45H42N3O5S4+. The first-order chi connectivity index (χ1) is 27.8. The minimum absolute atomic E-state index is 0.00930. The number of methoxy groups -OCH3 is 2. The minimum Gasteiger partial charge on any atom is -0.493 e. The molecule has 1 unspecified atom stereocenters. The van der Waals surface area contributed by atoms with E-state index in [-0.39, 0.29) is 18.0 Å². The van der Waals surface area contributed by atoms with Crippen LogP contribution in [-0.2, 0) is 17.9 Å². The van der Waals surface area contributed by atoms with Crippen LogP contribution in [0.5, 0.6) is 11.5 Å². The summed E-state index contributed by atoms with van der Waals surface area (Å²) in [4.78, 5) is 30.5. The molecule has 1 aliphatic carbocycles. The van der Waals surface area contributed by atoms with Crippen molar-refractivity contribution in [3.63, 3.8) is 0 Å². The Hall–Kier alpha value is -5.14. The molecule has 2 aliphatic rings. The zero-order chi connectivity index (χ0) is 39.6. The van der Waals surface area contributed by atoms with Crippen LogP contribution >= 0.6 is 45.8 Å². The molecule has 4 heterocycles. The molecule has 8 nitrogen and oxygen atoms in total. The number of nitrogens with zero attached hydrogens (tertiary/aromatic N) is 3. The number of aliphatic carboxylic acids is 1. The molecule has 0 bridgehead atoms. The fourth-order valence-corrected chi connectivity index (χ4v) is 11.7. The first-order valence-electron chi connectivity index (χ1n) is 18.8. The third kappa shape index (κ3) is 7.79. The van der Waals surface area contributed by atoms with E-state index in [4.69, 9.17) is 9.47 Å². The van der Waals surface area contributed by atoms with Gasteiger partial charge in [-0.1, -0.05) is 77.7 Å². The van der Waals surface area contributed by atoms with E-state index in [1.165, 1.54) is 16.9 Å². The normalized spacial score (nSPS) is 17.5. The van der Waals surface area contributed by atoms with Crippen LogP contribution in [0.4, 0.5) is 5.69 Å². The number of benzene rings is 3. The molecule has 0 saturated heterocycles. The molecule has 1 atom stereocenters. The first-order valence-corrected chi connectivity index (χ1v) is 22.1. The van der Waals surface area contributed by atoms with Crippen LogP contribution in [0.3, 0.4) is 0 Å². The van der Waals surface area contributed by atoms with Crippen LogP contribution < -0.4 is 33.7 Å². The van der Waals surface area contributed by atoms with Crippen molar-refractivity contribution in [2.45, 2.75) is 50.6 Å². The molecule has 3 aromatic carbocycles. The van der Waals surface area contributed by atoms with Crippen molar-refractivity contribution < 1.29 is 23.9 Å². The van der Waals surface area contributed by atoms with Crippen LogP contribution in [0.15, 0.2) is 117 Å². The van der Waals surface area contributed by atoms with E-state index in [2.05, 4.69) is 83.6 Å². The zero-order valence-electron chi connectivity index (χ0n) is 32.1. The summed E-state index contributed by atoms with van der Waals surface area (Å²) in [7, 11) is 3.30. The van der Waals surface area contributed by atoms with Gasteiger partial charge in [-0.15, -0.1) is 22.7 Å². The minimum atomic E-state index is -0.892. The number of carboxylic acid groups (broad SMARTS) is 1. The van der Waals surface area contributed by atoms with Gasteiger partial charge in [-0.05, 0) is 90.6 Å². The SMILES string of the molecule is CCn1c(=CC=Cc2sc3cc(OC)c(OC)cc3[n+]2CC)sc(=C2C=C(C=C3Sc4ccc(-c5cccs5)cc4N3CC(=O)O)CC(c3ccccc3)C2)c1=O. The van der Waals surface area contributed by atoms with Gasteiger partial charge in [-0.3, -0.25) is 14.2 Å². The van der Waals surface area contributed by atoms with E-state index in [9.17, 15) is 14.7 Å². The molecular weight excluding hydrogens is 791 g/mol.